The quantitative estimate of drug-likeness (QED) is 0.561. The number of hydrogen-bond acceptors (Lipinski definition) is 4. The van der Waals surface area contributed by atoms with E-state index in [9.17, 15) is 4.79 Å². The summed E-state index contributed by atoms with van der Waals surface area (Å²) in [6, 6.07) is 12.0. The Balaban J connectivity index is 2.29. The summed E-state index contributed by atoms with van der Waals surface area (Å²) in [6.45, 7) is 2.41. The number of ether oxygens (including phenoxy) is 2. The molecule has 26 heavy (non-hydrogen) atoms. The van der Waals surface area contributed by atoms with Gasteiger partial charge in [-0.15, -0.1) is 0 Å². The largest absolute Gasteiger partial charge is 0.490 e. The Kier molecular flexibility index (Phi) is 6.90. The highest BCUT2D eigenvalue weighted by atomic mass is 35.5. The Morgan fingerprint density at radius 2 is 1.88 bits per heavy atom. The summed E-state index contributed by atoms with van der Waals surface area (Å²) in [7, 11) is 0. The van der Waals surface area contributed by atoms with Crippen molar-refractivity contribution in [2.24, 2.45) is 5.73 Å². The first-order chi connectivity index (χ1) is 12.5. The van der Waals surface area contributed by atoms with E-state index in [0.717, 1.165) is 0 Å². The molecule has 134 valence electrons. The Morgan fingerprint density at radius 3 is 2.46 bits per heavy atom. The lowest BCUT2D eigenvalue weighted by molar-refractivity contribution is -0.114. The van der Waals surface area contributed by atoms with Gasteiger partial charge in [-0.05, 0) is 42.8 Å². The first kappa shape index (κ1) is 19.6. The molecule has 0 aliphatic heterocycles. The summed E-state index contributed by atoms with van der Waals surface area (Å²) in [4.78, 5) is 11.2. The maximum Gasteiger partial charge on any atom is 0.259 e. The van der Waals surface area contributed by atoms with Crippen molar-refractivity contribution in [3.8, 4) is 17.6 Å². The van der Waals surface area contributed by atoms with Gasteiger partial charge in [-0.2, -0.15) is 5.26 Å². The predicted octanol–water partition coefficient (Wildman–Crippen LogP) is 4.36. The second kappa shape index (κ2) is 9.14. The highest BCUT2D eigenvalue weighted by molar-refractivity contribution is 6.35. The van der Waals surface area contributed by atoms with Crippen molar-refractivity contribution in [2.45, 2.75) is 13.5 Å². The summed E-state index contributed by atoms with van der Waals surface area (Å²) in [5.41, 5.74) is 6.26. The topological polar surface area (TPSA) is 85.3 Å². The fourth-order valence-corrected chi connectivity index (χ4v) is 2.65. The van der Waals surface area contributed by atoms with E-state index in [-0.39, 0.29) is 12.2 Å². The van der Waals surface area contributed by atoms with E-state index in [0.29, 0.717) is 39.3 Å². The van der Waals surface area contributed by atoms with Gasteiger partial charge in [0.05, 0.1) is 6.61 Å². The number of carbonyl (C=O) groups is 1. The van der Waals surface area contributed by atoms with E-state index >= 15 is 0 Å². The van der Waals surface area contributed by atoms with Crippen LogP contribution in [0.3, 0.4) is 0 Å². The van der Waals surface area contributed by atoms with Crippen molar-refractivity contribution in [3.05, 3.63) is 63.1 Å². The van der Waals surface area contributed by atoms with Crippen LogP contribution in [0.1, 0.15) is 18.1 Å². The third kappa shape index (κ3) is 4.92. The number of rotatable bonds is 7. The molecule has 0 fully saturated rings. The van der Waals surface area contributed by atoms with Crippen LogP contribution in [0.25, 0.3) is 6.08 Å². The average molecular weight is 391 g/mol. The Hall–Kier alpha value is -2.68. The summed E-state index contributed by atoms with van der Waals surface area (Å²) in [5.74, 6) is 0.155. The van der Waals surface area contributed by atoms with Gasteiger partial charge in [-0.1, -0.05) is 35.3 Å². The minimum Gasteiger partial charge on any atom is -0.490 e. The smallest absolute Gasteiger partial charge is 0.259 e. The molecule has 2 aromatic carbocycles. The predicted molar refractivity (Wildman–Crippen MR) is 101 cm³/mol. The summed E-state index contributed by atoms with van der Waals surface area (Å²) in [5, 5.41) is 9.97. The molecule has 7 heteroatoms. The molecule has 0 aliphatic carbocycles. The van der Waals surface area contributed by atoms with Crippen molar-refractivity contribution in [3.63, 3.8) is 0 Å². The van der Waals surface area contributed by atoms with Gasteiger partial charge in [0.2, 0.25) is 0 Å². The minimum absolute atomic E-state index is 0.149. The lowest BCUT2D eigenvalue weighted by Crippen LogP contribution is -2.12. The van der Waals surface area contributed by atoms with Crippen LogP contribution in [0.4, 0.5) is 0 Å². The number of nitrogens with zero attached hydrogens (tertiary/aromatic N) is 1. The van der Waals surface area contributed by atoms with Crippen LogP contribution in [0.5, 0.6) is 11.5 Å². The van der Waals surface area contributed by atoms with Crippen molar-refractivity contribution in [2.75, 3.05) is 6.61 Å². The average Bonchev–Trinajstić information content (AvgIpc) is 2.60. The number of nitriles is 1. The molecular formula is C19H16Cl2N2O3. The molecule has 5 nitrogen and oxygen atoms in total. The SMILES string of the molecule is CCOc1cc(/C=C(\C#N)C(N)=O)ccc1OCc1c(Cl)cccc1Cl. The van der Waals surface area contributed by atoms with Gasteiger partial charge in [0.25, 0.3) is 5.91 Å². The Labute approximate surface area is 161 Å². The van der Waals surface area contributed by atoms with Crippen molar-refractivity contribution < 1.29 is 14.3 Å². The highest BCUT2D eigenvalue weighted by Gasteiger charge is 2.11. The molecule has 0 bridgehead atoms. The molecule has 0 heterocycles. The number of nitrogens with two attached hydrogens (primary N) is 1. The molecule has 0 atom stereocenters. The fourth-order valence-electron chi connectivity index (χ4n) is 2.15. The zero-order valence-corrected chi connectivity index (χ0v) is 15.5. The summed E-state index contributed by atoms with van der Waals surface area (Å²) >= 11 is 12.3. The zero-order chi connectivity index (χ0) is 19.1. The molecule has 0 unspecified atom stereocenters. The Bertz CT molecular complexity index is 869. The number of carbonyl (C=O) groups excluding carboxylic acids is 1. The van der Waals surface area contributed by atoms with E-state index < -0.39 is 5.91 Å². The standard InChI is InChI=1S/C19H16Cl2N2O3/c1-2-25-18-9-12(8-13(10-22)19(23)24)6-7-17(18)26-11-14-15(20)4-3-5-16(14)21/h3-9H,2,11H2,1H3,(H2,23,24)/b13-8+. The molecule has 0 spiro atoms. The van der Waals surface area contributed by atoms with E-state index in [4.69, 9.17) is 43.7 Å². The maximum atomic E-state index is 11.2. The first-order valence-corrected chi connectivity index (χ1v) is 8.46. The number of benzene rings is 2. The van der Waals surface area contributed by atoms with Crippen LogP contribution < -0.4 is 15.2 Å². The molecule has 0 aliphatic rings. The van der Waals surface area contributed by atoms with Crippen molar-refractivity contribution in [1.82, 2.24) is 0 Å². The van der Waals surface area contributed by atoms with Gasteiger partial charge in [0.1, 0.15) is 18.2 Å². The number of hydrogen-bond donors (Lipinski definition) is 1. The molecular weight excluding hydrogens is 375 g/mol. The van der Waals surface area contributed by atoms with Gasteiger partial charge >= 0.3 is 0 Å². The van der Waals surface area contributed by atoms with Crippen LogP contribution in [0, 0.1) is 11.3 Å². The van der Waals surface area contributed by atoms with E-state index in [1.54, 1.807) is 42.5 Å². The minimum atomic E-state index is -0.792. The highest BCUT2D eigenvalue weighted by Crippen LogP contribution is 2.32. The fraction of sp³-hybridized carbons (Fsp3) is 0.158. The normalized spacial score (nSPS) is 10.9. The third-order valence-corrected chi connectivity index (χ3v) is 4.11. The molecule has 2 N–H and O–H groups in total. The summed E-state index contributed by atoms with van der Waals surface area (Å²) < 4.78 is 11.4. The maximum absolute atomic E-state index is 11.2. The van der Waals surface area contributed by atoms with Gasteiger partial charge < -0.3 is 15.2 Å². The molecule has 0 aromatic heterocycles. The molecule has 1 amide bonds. The van der Waals surface area contributed by atoms with Gasteiger partial charge in [0.15, 0.2) is 11.5 Å². The number of primary amides is 1. The monoisotopic (exact) mass is 390 g/mol. The number of halogens is 2. The lowest BCUT2D eigenvalue weighted by Gasteiger charge is -2.14. The van der Waals surface area contributed by atoms with Gasteiger partial charge in [-0.25, -0.2) is 0 Å². The van der Waals surface area contributed by atoms with Crippen molar-refractivity contribution >= 4 is 35.2 Å². The molecule has 2 rings (SSSR count). The lowest BCUT2D eigenvalue weighted by atomic mass is 10.1. The number of amides is 1. The van der Waals surface area contributed by atoms with E-state index in [2.05, 4.69) is 0 Å². The van der Waals surface area contributed by atoms with Crippen LogP contribution in [-0.2, 0) is 11.4 Å². The van der Waals surface area contributed by atoms with Crippen LogP contribution in [0.15, 0.2) is 42.0 Å². The van der Waals surface area contributed by atoms with Gasteiger partial charge in [-0.3, -0.25) is 4.79 Å². The second-order valence-corrected chi connectivity index (χ2v) is 5.98. The van der Waals surface area contributed by atoms with E-state index in [1.807, 2.05) is 6.92 Å². The van der Waals surface area contributed by atoms with Crippen LogP contribution in [0.2, 0.25) is 10.0 Å². The molecule has 0 saturated heterocycles. The first-order valence-electron chi connectivity index (χ1n) is 7.70. The van der Waals surface area contributed by atoms with Crippen LogP contribution >= 0.6 is 23.2 Å². The van der Waals surface area contributed by atoms with Crippen molar-refractivity contribution in [1.29, 1.82) is 5.26 Å². The van der Waals surface area contributed by atoms with E-state index in [1.165, 1.54) is 6.08 Å². The second-order valence-electron chi connectivity index (χ2n) is 5.16. The molecule has 2 aromatic rings. The van der Waals surface area contributed by atoms with Crippen LogP contribution in [-0.4, -0.2) is 12.5 Å². The Morgan fingerprint density at radius 1 is 1.19 bits per heavy atom. The van der Waals surface area contributed by atoms with Gasteiger partial charge in [0, 0.05) is 15.6 Å². The zero-order valence-electron chi connectivity index (χ0n) is 14.0. The molecule has 0 radical (unpaired) electrons. The third-order valence-electron chi connectivity index (χ3n) is 3.40. The molecule has 0 saturated carbocycles. The summed E-state index contributed by atoms with van der Waals surface area (Å²) in [6.07, 6.45) is 1.39.